The molecular formula is C12H18F2N2O3. The van der Waals surface area contributed by atoms with Crippen molar-refractivity contribution in [2.45, 2.75) is 49.7 Å². The van der Waals surface area contributed by atoms with Crippen LogP contribution in [0, 0.1) is 0 Å². The molecule has 2 fully saturated rings. The molecule has 5 nitrogen and oxygen atoms in total. The maximum atomic E-state index is 14.1. The van der Waals surface area contributed by atoms with Gasteiger partial charge in [0.05, 0.1) is 0 Å². The minimum Gasteiger partial charge on any atom is -0.383 e. The van der Waals surface area contributed by atoms with Crippen molar-refractivity contribution < 1.29 is 23.5 Å². The molecular weight excluding hydrogens is 258 g/mol. The number of aliphatic hydroxyl groups is 1. The van der Waals surface area contributed by atoms with Gasteiger partial charge in [-0.15, -0.1) is 0 Å². The number of rotatable bonds is 3. The van der Waals surface area contributed by atoms with E-state index >= 15 is 0 Å². The highest BCUT2D eigenvalue weighted by atomic mass is 19.3. The Labute approximate surface area is 109 Å². The van der Waals surface area contributed by atoms with Crippen LogP contribution in [-0.4, -0.2) is 53.0 Å². The summed E-state index contributed by atoms with van der Waals surface area (Å²) in [7, 11) is 1.40. The van der Waals surface area contributed by atoms with Crippen LogP contribution in [0.4, 0.5) is 8.78 Å². The zero-order chi connectivity index (χ0) is 14.3. The first-order chi connectivity index (χ1) is 8.83. The lowest BCUT2D eigenvalue weighted by molar-refractivity contribution is -0.224. The Bertz CT molecular complexity index is 396. The molecule has 1 saturated heterocycles. The summed E-state index contributed by atoms with van der Waals surface area (Å²) in [6, 6.07) is -0.855. The van der Waals surface area contributed by atoms with Gasteiger partial charge < -0.3 is 15.3 Å². The van der Waals surface area contributed by atoms with Crippen LogP contribution in [0.3, 0.4) is 0 Å². The molecule has 2 rings (SSSR count). The van der Waals surface area contributed by atoms with E-state index in [0.717, 1.165) is 4.90 Å². The summed E-state index contributed by atoms with van der Waals surface area (Å²) >= 11 is 0. The standard InChI is InChI=1S/C12H18F2N2O3/c1-15-9(17)8-4-2-7-16(8)10(18)12(13,14)11(19)5-3-6-11/h8,19H,2-7H2,1H3,(H,15,17). The summed E-state index contributed by atoms with van der Waals surface area (Å²) in [6.45, 7) is 0.128. The predicted molar refractivity (Wildman–Crippen MR) is 62.5 cm³/mol. The lowest BCUT2D eigenvalue weighted by Crippen LogP contribution is -2.62. The molecule has 2 aliphatic rings. The van der Waals surface area contributed by atoms with E-state index in [9.17, 15) is 23.5 Å². The fourth-order valence-corrected chi connectivity index (χ4v) is 2.65. The maximum Gasteiger partial charge on any atom is 0.352 e. The Hall–Kier alpha value is -1.24. The molecule has 2 amide bonds. The van der Waals surface area contributed by atoms with Crippen LogP contribution in [0.1, 0.15) is 32.1 Å². The lowest BCUT2D eigenvalue weighted by Gasteiger charge is -2.43. The molecule has 0 aromatic rings. The molecule has 7 heteroatoms. The number of carbonyl (C=O) groups excluding carboxylic acids is 2. The number of nitrogens with zero attached hydrogens (tertiary/aromatic N) is 1. The monoisotopic (exact) mass is 276 g/mol. The van der Waals surface area contributed by atoms with Gasteiger partial charge in [0.15, 0.2) is 0 Å². The first kappa shape index (κ1) is 14.2. The third-order valence-corrected chi connectivity index (χ3v) is 4.10. The molecule has 2 N–H and O–H groups in total. The van der Waals surface area contributed by atoms with E-state index in [2.05, 4.69) is 5.32 Å². The Balaban J connectivity index is 2.16. The first-order valence-electron chi connectivity index (χ1n) is 6.46. The molecule has 0 bridgehead atoms. The van der Waals surface area contributed by atoms with Crippen molar-refractivity contribution in [1.82, 2.24) is 10.2 Å². The Morgan fingerprint density at radius 2 is 2.00 bits per heavy atom. The molecule has 1 aliphatic heterocycles. The normalized spacial score (nSPS) is 25.9. The van der Waals surface area contributed by atoms with Gasteiger partial charge in [0.2, 0.25) is 5.91 Å². The Morgan fingerprint density at radius 1 is 1.37 bits per heavy atom. The van der Waals surface area contributed by atoms with Crippen LogP contribution >= 0.6 is 0 Å². The van der Waals surface area contributed by atoms with Gasteiger partial charge in [0.25, 0.3) is 5.91 Å². The molecule has 1 aliphatic carbocycles. The number of likely N-dealkylation sites (N-methyl/N-ethyl adjacent to an activating group) is 1. The Kier molecular flexibility index (Phi) is 3.51. The van der Waals surface area contributed by atoms with Crippen LogP contribution in [0.15, 0.2) is 0 Å². The van der Waals surface area contributed by atoms with Crippen molar-refractivity contribution in [3.8, 4) is 0 Å². The van der Waals surface area contributed by atoms with E-state index in [1.54, 1.807) is 0 Å². The fraction of sp³-hybridized carbons (Fsp3) is 0.833. The molecule has 0 spiro atoms. The summed E-state index contributed by atoms with van der Waals surface area (Å²) in [5.74, 6) is -5.69. The van der Waals surface area contributed by atoms with Crippen molar-refractivity contribution in [2.75, 3.05) is 13.6 Å². The molecule has 0 aromatic heterocycles. The number of halogens is 2. The third-order valence-electron chi connectivity index (χ3n) is 4.10. The van der Waals surface area contributed by atoms with Crippen molar-refractivity contribution in [1.29, 1.82) is 0 Å². The quantitative estimate of drug-likeness (QED) is 0.777. The molecule has 1 saturated carbocycles. The number of amides is 2. The zero-order valence-corrected chi connectivity index (χ0v) is 10.8. The second-order valence-electron chi connectivity index (χ2n) is 5.23. The van der Waals surface area contributed by atoms with Crippen LogP contribution in [0.5, 0.6) is 0 Å². The SMILES string of the molecule is CNC(=O)C1CCCN1C(=O)C(F)(F)C1(O)CCC1. The number of nitrogens with one attached hydrogen (secondary N) is 1. The van der Waals surface area contributed by atoms with Crippen LogP contribution < -0.4 is 5.32 Å². The lowest BCUT2D eigenvalue weighted by atomic mass is 9.75. The summed E-state index contributed by atoms with van der Waals surface area (Å²) < 4.78 is 28.1. The fourth-order valence-electron chi connectivity index (χ4n) is 2.65. The predicted octanol–water partition coefficient (Wildman–Crippen LogP) is 0.274. The number of hydrogen-bond donors (Lipinski definition) is 2. The summed E-state index contributed by atoms with van der Waals surface area (Å²) in [5.41, 5.74) is -2.24. The van der Waals surface area contributed by atoms with E-state index in [0.29, 0.717) is 19.3 Å². The van der Waals surface area contributed by atoms with Gasteiger partial charge in [0.1, 0.15) is 11.6 Å². The highest BCUT2D eigenvalue weighted by Gasteiger charge is 2.63. The highest BCUT2D eigenvalue weighted by molar-refractivity contribution is 5.91. The van der Waals surface area contributed by atoms with Gasteiger partial charge in [-0.2, -0.15) is 8.78 Å². The Morgan fingerprint density at radius 3 is 2.47 bits per heavy atom. The average molecular weight is 276 g/mol. The van der Waals surface area contributed by atoms with Crippen molar-refractivity contribution in [3.05, 3.63) is 0 Å². The smallest absolute Gasteiger partial charge is 0.352 e. The van der Waals surface area contributed by atoms with Crippen LogP contribution in [0.2, 0.25) is 0 Å². The molecule has 0 aromatic carbocycles. The minimum atomic E-state index is -3.82. The molecule has 1 unspecified atom stereocenters. The van der Waals surface area contributed by atoms with E-state index in [1.165, 1.54) is 7.05 Å². The second kappa shape index (κ2) is 4.70. The highest BCUT2D eigenvalue weighted by Crippen LogP contribution is 2.45. The van der Waals surface area contributed by atoms with Crippen molar-refractivity contribution >= 4 is 11.8 Å². The minimum absolute atomic E-state index is 0.0791. The summed E-state index contributed by atoms with van der Waals surface area (Å²) in [6.07, 6.45) is 1.21. The zero-order valence-electron chi connectivity index (χ0n) is 10.8. The third kappa shape index (κ3) is 2.09. The average Bonchev–Trinajstić information content (AvgIpc) is 2.82. The van der Waals surface area contributed by atoms with Gasteiger partial charge >= 0.3 is 5.92 Å². The molecule has 1 heterocycles. The van der Waals surface area contributed by atoms with Gasteiger partial charge in [-0.05, 0) is 32.1 Å². The molecule has 1 atom stereocenters. The second-order valence-corrected chi connectivity index (χ2v) is 5.23. The largest absolute Gasteiger partial charge is 0.383 e. The van der Waals surface area contributed by atoms with E-state index < -0.39 is 29.4 Å². The van der Waals surface area contributed by atoms with Gasteiger partial charge in [-0.3, -0.25) is 9.59 Å². The van der Waals surface area contributed by atoms with Crippen molar-refractivity contribution in [3.63, 3.8) is 0 Å². The van der Waals surface area contributed by atoms with E-state index in [4.69, 9.17) is 0 Å². The number of hydrogen-bond acceptors (Lipinski definition) is 3. The molecule has 108 valence electrons. The maximum absolute atomic E-state index is 14.1. The van der Waals surface area contributed by atoms with Crippen LogP contribution in [0.25, 0.3) is 0 Å². The number of likely N-dealkylation sites (tertiary alicyclic amines) is 1. The first-order valence-corrected chi connectivity index (χ1v) is 6.46. The topological polar surface area (TPSA) is 69.6 Å². The molecule has 0 radical (unpaired) electrons. The van der Waals surface area contributed by atoms with Crippen molar-refractivity contribution in [2.24, 2.45) is 0 Å². The van der Waals surface area contributed by atoms with Gasteiger partial charge in [-0.25, -0.2) is 0 Å². The summed E-state index contributed by atoms with van der Waals surface area (Å²) in [4.78, 5) is 24.4. The molecule has 19 heavy (non-hydrogen) atoms. The number of carbonyl (C=O) groups is 2. The van der Waals surface area contributed by atoms with Gasteiger partial charge in [-0.1, -0.05) is 0 Å². The summed E-state index contributed by atoms with van der Waals surface area (Å²) in [5, 5.41) is 12.1. The van der Waals surface area contributed by atoms with Crippen LogP contribution in [-0.2, 0) is 9.59 Å². The van der Waals surface area contributed by atoms with E-state index in [1.807, 2.05) is 0 Å². The van der Waals surface area contributed by atoms with E-state index in [-0.39, 0.29) is 19.4 Å². The van der Waals surface area contributed by atoms with Gasteiger partial charge in [0, 0.05) is 13.6 Å². The number of alkyl halides is 2.